The van der Waals surface area contributed by atoms with Crippen molar-refractivity contribution in [2.45, 2.75) is 25.9 Å². The van der Waals surface area contributed by atoms with E-state index in [0.717, 1.165) is 18.4 Å². The van der Waals surface area contributed by atoms with E-state index in [-0.39, 0.29) is 29.5 Å². The van der Waals surface area contributed by atoms with Crippen molar-refractivity contribution in [1.82, 2.24) is 0 Å². The summed E-state index contributed by atoms with van der Waals surface area (Å²) in [5.74, 6) is 0.0596. The third kappa shape index (κ3) is 26.3. The van der Waals surface area contributed by atoms with Crippen molar-refractivity contribution in [2.75, 3.05) is 13.2 Å². The minimum absolute atomic E-state index is 0. The van der Waals surface area contributed by atoms with Crippen molar-refractivity contribution in [1.29, 1.82) is 0 Å². The standard InChI is InChI=1S/C17H20O4.3CO.Fe/c18-15-21-13-7-5-11-17(19)10-4-6-12-20-14-16-8-2-1-3-9-16;3*1-2;/h1-3,5,7-9,11H,4,6,10,12-14H2;;;;/q-1;;;;. The van der Waals surface area contributed by atoms with Crippen LogP contribution in [0, 0.1) is 39.2 Å². The Balaban J connectivity index is -0.000000374. The molecule has 28 heavy (non-hydrogen) atoms. The molecule has 0 atom stereocenters. The molecule has 0 unspecified atom stereocenters. The summed E-state index contributed by atoms with van der Waals surface area (Å²) in [7, 11) is 0. The van der Waals surface area contributed by atoms with Crippen molar-refractivity contribution in [3.8, 4) is 0 Å². The second-order valence-corrected chi connectivity index (χ2v) is 4.45. The van der Waals surface area contributed by atoms with Crippen LogP contribution in [0.3, 0.4) is 0 Å². The van der Waals surface area contributed by atoms with E-state index in [0.29, 0.717) is 19.6 Å². The van der Waals surface area contributed by atoms with E-state index in [2.05, 4.69) is 24.7 Å². The Hall–Kier alpha value is -1.94. The smallest absolute Gasteiger partial charge is 0 e. The van der Waals surface area contributed by atoms with Crippen LogP contribution in [0.15, 0.2) is 30.3 Å². The van der Waals surface area contributed by atoms with Gasteiger partial charge in [-0.25, -0.2) is 0 Å². The van der Waals surface area contributed by atoms with Crippen molar-refractivity contribution < 1.29 is 50.1 Å². The first-order valence-electron chi connectivity index (χ1n) is 7.57. The van der Waals surface area contributed by atoms with E-state index < -0.39 is 0 Å². The maximum atomic E-state index is 11.5. The quantitative estimate of drug-likeness (QED) is 0.208. The van der Waals surface area contributed by atoms with E-state index in [1.807, 2.05) is 30.3 Å². The normalized spacial score (nSPS) is 7.93. The molecule has 0 spiro atoms. The SMILES string of the molecule is O=[C-]OC[CH][CH][CH]C(=O)CCCCOCc1ccccc1.[C-]#[O+].[C-]#[O+].[C-]#[O+].[Fe]. The monoisotopic (exact) mass is 428 g/mol. The number of hydrogen-bond donors (Lipinski definition) is 0. The molecule has 0 bridgehead atoms. The fraction of sp³-hybridized carbons (Fsp3) is 0.300. The summed E-state index contributed by atoms with van der Waals surface area (Å²) in [4.78, 5) is 21.2. The molecule has 3 radical (unpaired) electrons. The Kier molecular flexibility index (Phi) is 39.3. The molecule has 151 valence electrons. The summed E-state index contributed by atoms with van der Waals surface area (Å²) < 4.78 is 32.4. The molecule has 8 heteroatoms. The second-order valence-electron chi connectivity index (χ2n) is 4.45. The molecule has 1 aromatic carbocycles. The number of hydrogen-bond acceptors (Lipinski definition) is 4. The number of carbonyl (C=O) groups is 1. The van der Waals surface area contributed by atoms with Crippen LogP contribution in [-0.4, -0.2) is 25.5 Å². The van der Waals surface area contributed by atoms with Gasteiger partial charge < -0.3 is 14.3 Å². The third-order valence-electron chi connectivity index (χ3n) is 2.73. The van der Waals surface area contributed by atoms with Crippen LogP contribution >= 0.6 is 0 Å². The van der Waals surface area contributed by atoms with E-state index in [1.54, 1.807) is 12.8 Å². The molecule has 0 saturated heterocycles. The van der Waals surface area contributed by atoms with Gasteiger partial charge in [-0.05, 0) is 31.2 Å². The van der Waals surface area contributed by atoms with Gasteiger partial charge in [0.15, 0.2) is 0 Å². The Morgan fingerprint density at radius 2 is 1.64 bits per heavy atom. The minimum Gasteiger partial charge on any atom is 0 e. The summed E-state index contributed by atoms with van der Waals surface area (Å²) in [6.07, 6.45) is 6.83. The fourth-order valence-electron chi connectivity index (χ4n) is 1.66. The molecule has 0 saturated carbocycles. The Morgan fingerprint density at radius 1 is 1.04 bits per heavy atom. The Bertz CT molecular complexity index is 498. The Morgan fingerprint density at radius 3 is 2.21 bits per heavy atom. The number of carbonyl (C=O) groups excluding carboxylic acids is 2. The van der Waals surface area contributed by atoms with E-state index >= 15 is 0 Å². The average molecular weight is 428 g/mol. The van der Waals surface area contributed by atoms with Gasteiger partial charge in [-0.2, -0.15) is 0 Å². The molecule has 1 aromatic rings. The minimum atomic E-state index is 0. The third-order valence-corrected chi connectivity index (χ3v) is 2.73. The van der Waals surface area contributed by atoms with Gasteiger partial charge >= 0.3 is 33.9 Å². The average Bonchev–Trinajstić information content (AvgIpc) is 2.75. The van der Waals surface area contributed by atoms with Gasteiger partial charge in [0.25, 0.3) is 0 Å². The predicted octanol–water partition coefficient (Wildman–Crippen LogP) is 2.52. The van der Waals surface area contributed by atoms with Gasteiger partial charge in [-0.3, -0.25) is 4.79 Å². The summed E-state index contributed by atoms with van der Waals surface area (Å²) in [5.41, 5.74) is 1.15. The molecular weight excluding hydrogens is 408 g/mol. The van der Waals surface area contributed by atoms with Crippen LogP contribution in [0.25, 0.3) is 0 Å². The topological polar surface area (TPSA) is 112 Å². The maximum absolute atomic E-state index is 11.5. The molecule has 0 heterocycles. The van der Waals surface area contributed by atoms with Crippen LogP contribution in [0.2, 0.25) is 0 Å². The van der Waals surface area contributed by atoms with Gasteiger partial charge in [0.2, 0.25) is 0 Å². The number of benzene rings is 1. The molecule has 0 N–H and O–H groups in total. The van der Waals surface area contributed by atoms with Gasteiger partial charge in [0.1, 0.15) is 5.78 Å². The van der Waals surface area contributed by atoms with Crippen molar-refractivity contribution in [3.63, 3.8) is 0 Å². The van der Waals surface area contributed by atoms with Crippen LogP contribution in [0.4, 0.5) is 0 Å². The zero-order valence-corrected chi connectivity index (χ0v) is 16.2. The largest absolute Gasteiger partial charge is 0 e. The number of rotatable bonds is 13. The van der Waals surface area contributed by atoms with Crippen molar-refractivity contribution in [2.24, 2.45) is 0 Å². The van der Waals surface area contributed by atoms with Crippen LogP contribution in [0.1, 0.15) is 24.8 Å². The molecule has 0 fully saturated rings. The van der Waals surface area contributed by atoms with E-state index in [9.17, 15) is 9.59 Å². The van der Waals surface area contributed by atoms with Crippen molar-refractivity contribution >= 4 is 12.3 Å². The molecule has 0 aliphatic carbocycles. The molecule has 0 aliphatic heterocycles. The fourth-order valence-corrected chi connectivity index (χ4v) is 1.66. The molecular formula is C20H20FeO7-. The molecule has 1 rings (SSSR count). The van der Waals surface area contributed by atoms with Crippen LogP contribution < -0.4 is 0 Å². The second kappa shape index (κ2) is 32.7. The zero-order valence-electron chi connectivity index (χ0n) is 15.1. The van der Waals surface area contributed by atoms with E-state index in [1.165, 1.54) is 12.9 Å². The maximum Gasteiger partial charge on any atom is 0 e. The van der Waals surface area contributed by atoms with Crippen LogP contribution in [0.5, 0.6) is 0 Å². The molecule has 0 aromatic heterocycles. The number of unbranched alkanes of at least 4 members (excludes halogenated alkanes) is 2. The molecule has 7 nitrogen and oxygen atoms in total. The molecule has 0 amide bonds. The van der Waals surface area contributed by atoms with Crippen LogP contribution in [-0.2, 0) is 56.7 Å². The first kappa shape index (κ1) is 33.6. The molecule has 0 aliphatic rings. The number of ketones is 1. The summed E-state index contributed by atoms with van der Waals surface area (Å²) in [6.45, 7) is 16.2. The first-order chi connectivity index (χ1) is 13.3. The van der Waals surface area contributed by atoms with Gasteiger partial charge in [0, 0.05) is 36.5 Å². The number of ether oxygens (including phenoxy) is 2. The van der Waals surface area contributed by atoms with Gasteiger partial charge in [0.05, 0.1) is 13.2 Å². The van der Waals surface area contributed by atoms with Crippen molar-refractivity contribution in [3.05, 3.63) is 75.1 Å². The summed E-state index contributed by atoms with van der Waals surface area (Å²) in [6, 6.07) is 10.00. The van der Waals surface area contributed by atoms with Gasteiger partial charge in [-0.1, -0.05) is 36.8 Å². The zero-order chi connectivity index (χ0) is 21.2. The Labute approximate surface area is 176 Å². The van der Waals surface area contributed by atoms with E-state index in [4.69, 9.17) is 18.7 Å². The summed E-state index contributed by atoms with van der Waals surface area (Å²) in [5, 5.41) is 0. The number of Topliss-reactive ketones (excluding diaryl/α,β-unsaturated/α-hetero) is 1. The summed E-state index contributed by atoms with van der Waals surface area (Å²) >= 11 is 0. The first-order valence-corrected chi connectivity index (χ1v) is 7.57. The predicted molar refractivity (Wildman–Crippen MR) is 91.3 cm³/mol. The van der Waals surface area contributed by atoms with Gasteiger partial charge in [-0.15, -0.1) is 0 Å².